The second-order valence-corrected chi connectivity index (χ2v) is 11.1. The molecule has 4 aliphatic heterocycles. The predicted octanol–water partition coefficient (Wildman–Crippen LogP) is 0.574. The summed E-state index contributed by atoms with van der Waals surface area (Å²) in [6, 6.07) is 2.18. The van der Waals surface area contributed by atoms with Crippen molar-refractivity contribution in [2.45, 2.75) is 69.3 Å². The predicted molar refractivity (Wildman–Crippen MR) is 129 cm³/mol. The van der Waals surface area contributed by atoms with Crippen LogP contribution in [-0.2, 0) is 9.53 Å². The summed E-state index contributed by atoms with van der Waals surface area (Å²) >= 11 is 6.74. The molecule has 10 nitrogen and oxygen atoms in total. The van der Waals surface area contributed by atoms with Crippen molar-refractivity contribution in [3.63, 3.8) is 0 Å². The minimum absolute atomic E-state index is 0.0538. The highest BCUT2D eigenvalue weighted by molar-refractivity contribution is 6.33. The van der Waals surface area contributed by atoms with Crippen LogP contribution in [0.4, 0.5) is 5.82 Å². The number of hydrogen-bond acceptors (Lipinski definition) is 9. The van der Waals surface area contributed by atoms with Crippen LogP contribution in [-0.4, -0.2) is 78.1 Å². The normalized spacial score (nSPS) is 37.9. The number of nitrogens with zero attached hydrogens (tertiary/aromatic N) is 3. The highest BCUT2D eigenvalue weighted by Crippen LogP contribution is 2.43. The van der Waals surface area contributed by atoms with Gasteiger partial charge in [-0.15, -0.1) is 0 Å². The summed E-state index contributed by atoms with van der Waals surface area (Å²) in [5, 5.41) is 7.63. The Hall–Kier alpha value is -1.53. The monoisotopic (exact) mass is 490 g/mol. The lowest BCUT2D eigenvalue weighted by molar-refractivity contribution is -0.151. The van der Waals surface area contributed by atoms with E-state index < -0.39 is 0 Å². The van der Waals surface area contributed by atoms with Gasteiger partial charge in [0.05, 0.1) is 35.9 Å². The van der Waals surface area contributed by atoms with Crippen LogP contribution in [0.15, 0.2) is 12.3 Å². The molecule has 1 spiro atoms. The number of aromatic nitrogens is 1. The largest absolute Gasteiger partial charge is 0.376 e. The number of nitrogens with one attached hydrogen (secondary N) is 4. The van der Waals surface area contributed by atoms with Crippen LogP contribution in [0.5, 0.6) is 0 Å². The smallest absolute Gasteiger partial charge is 0.232 e. The average Bonchev–Trinajstić information content (AvgIpc) is 3.50. The van der Waals surface area contributed by atoms with Gasteiger partial charge in [0.15, 0.2) is 0 Å². The number of likely N-dealkylation sites (tertiary alicyclic amines) is 1. The molecule has 1 amide bonds. The minimum atomic E-state index is -0.316. The topological polar surface area (TPSA) is 120 Å². The Kier molecular flexibility index (Phi) is 5.76. The number of ether oxygens (including phenoxy) is 1. The SMILES string of the molecule is C[C@@H]1OCC2(CCN(C3NC4NNC(c5ccnc(NC6CC6)c5Cl)C4C(=O)N3C)CC2)[C@@H]1N. The van der Waals surface area contributed by atoms with Crippen molar-refractivity contribution in [2.24, 2.45) is 17.1 Å². The van der Waals surface area contributed by atoms with Crippen LogP contribution in [0.1, 0.15) is 44.2 Å². The number of piperidine rings is 1. The number of halogens is 1. The first kappa shape index (κ1) is 22.9. The minimum Gasteiger partial charge on any atom is -0.376 e. The molecule has 1 aromatic rings. The molecule has 11 heteroatoms. The molecule has 1 saturated carbocycles. The lowest BCUT2D eigenvalue weighted by Crippen LogP contribution is -2.70. The average molecular weight is 491 g/mol. The van der Waals surface area contributed by atoms with E-state index in [4.69, 9.17) is 22.1 Å². The fraction of sp³-hybridized carbons (Fsp3) is 0.739. The van der Waals surface area contributed by atoms with Gasteiger partial charge >= 0.3 is 0 Å². The van der Waals surface area contributed by atoms with E-state index in [0.29, 0.717) is 16.9 Å². The van der Waals surface area contributed by atoms with Gasteiger partial charge in [-0.25, -0.2) is 15.8 Å². The third kappa shape index (κ3) is 3.71. The molecule has 5 fully saturated rings. The Morgan fingerprint density at radius 1 is 1.29 bits per heavy atom. The molecule has 0 bridgehead atoms. The lowest BCUT2D eigenvalue weighted by atomic mass is 9.73. The van der Waals surface area contributed by atoms with Gasteiger partial charge in [-0.2, -0.15) is 0 Å². The number of anilines is 1. The number of hydrazine groups is 1. The molecule has 186 valence electrons. The van der Waals surface area contributed by atoms with Crippen LogP contribution in [0.3, 0.4) is 0 Å². The van der Waals surface area contributed by atoms with E-state index in [1.807, 2.05) is 18.0 Å². The summed E-state index contributed by atoms with van der Waals surface area (Å²) in [6.45, 7) is 4.55. The first-order valence-electron chi connectivity index (χ1n) is 12.4. The van der Waals surface area contributed by atoms with Crippen molar-refractivity contribution in [1.82, 2.24) is 31.0 Å². The Balaban J connectivity index is 1.16. The molecule has 0 aromatic carbocycles. The van der Waals surface area contributed by atoms with Crippen LogP contribution < -0.4 is 27.2 Å². The molecule has 34 heavy (non-hydrogen) atoms. The number of rotatable bonds is 4. The fourth-order valence-electron chi connectivity index (χ4n) is 6.14. The standard InChI is InChI=1S/C23H35ClN8O2/c1-12-18(25)23(11-34-12)6-9-32(10-7-23)22-28-19-15(21(33)31(22)2)17(29-30-19)14-5-8-26-20(16(14)24)27-13-3-4-13/h5,8,12-13,15,17-19,22,28-30H,3-4,6-7,9-11,25H2,1-2H3,(H,26,27)/t12-,15?,17?,18+,19?,22?/m0/s1. The molecule has 0 radical (unpaired) electrons. The Morgan fingerprint density at radius 2 is 2.06 bits per heavy atom. The second kappa shape index (κ2) is 8.55. The van der Waals surface area contributed by atoms with Gasteiger partial charge in [0.2, 0.25) is 5.91 Å². The summed E-state index contributed by atoms with van der Waals surface area (Å²) in [7, 11) is 1.89. The van der Waals surface area contributed by atoms with E-state index in [2.05, 4.69) is 38.3 Å². The van der Waals surface area contributed by atoms with Gasteiger partial charge < -0.3 is 20.7 Å². The number of nitrogens with two attached hydrogens (primary N) is 1. The zero-order chi connectivity index (χ0) is 23.6. The van der Waals surface area contributed by atoms with Crippen molar-refractivity contribution >= 4 is 23.3 Å². The summed E-state index contributed by atoms with van der Waals surface area (Å²) in [5.41, 5.74) is 14.1. The van der Waals surface area contributed by atoms with Gasteiger partial charge in [0.1, 0.15) is 12.1 Å². The van der Waals surface area contributed by atoms with Crippen molar-refractivity contribution in [3.8, 4) is 0 Å². The number of hydrogen-bond donors (Lipinski definition) is 5. The van der Waals surface area contributed by atoms with Crippen LogP contribution in [0, 0.1) is 11.3 Å². The number of pyridine rings is 1. The van der Waals surface area contributed by atoms with E-state index in [9.17, 15) is 4.79 Å². The van der Waals surface area contributed by atoms with Gasteiger partial charge in [0.25, 0.3) is 0 Å². The van der Waals surface area contributed by atoms with E-state index in [1.54, 1.807) is 6.20 Å². The van der Waals surface area contributed by atoms with E-state index in [1.165, 1.54) is 0 Å². The van der Waals surface area contributed by atoms with Crippen LogP contribution in [0.25, 0.3) is 0 Å². The third-order valence-electron chi connectivity index (χ3n) is 8.60. The van der Waals surface area contributed by atoms with Gasteiger partial charge in [-0.05, 0) is 44.2 Å². The third-order valence-corrected chi connectivity index (χ3v) is 9.00. The first-order chi connectivity index (χ1) is 16.4. The first-order valence-corrected chi connectivity index (χ1v) is 12.8. The molecule has 6 atom stereocenters. The number of carbonyl (C=O) groups is 1. The second-order valence-electron chi connectivity index (χ2n) is 10.7. The molecule has 6 rings (SSSR count). The van der Waals surface area contributed by atoms with Crippen molar-refractivity contribution < 1.29 is 9.53 Å². The Bertz CT molecular complexity index is 953. The molecule has 5 heterocycles. The maximum absolute atomic E-state index is 13.6. The fourth-order valence-corrected chi connectivity index (χ4v) is 6.42. The van der Waals surface area contributed by atoms with Gasteiger partial charge in [0, 0.05) is 43.8 Å². The Labute approximate surface area is 205 Å². The summed E-state index contributed by atoms with van der Waals surface area (Å²) in [5.74, 6) is 0.472. The molecule has 1 aromatic heterocycles. The van der Waals surface area contributed by atoms with E-state index >= 15 is 0 Å². The van der Waals surface area contributed by atoms with Crippen molar-refractivity contribution in [1.29, 1.82) is 0 Å². The number of fused-ring (bicyclic) bond motifs is 1. The van der Waals surface area contributed by atoms with Crippen LogP contribution in [0.2, 0.25) is 5.02 Å². The number of carbonyl (C=O) groups excluding carboxylic acids is 1. The molecule has 4 unspecified atom stereocenters. The zero-order valence-corrected chi connectivity index (χ0v) is 20.5. The van der Waals surface area contributed by atoms with Crippen molar-refractivity contribution in [3.05, 3.63) is 22.8 Å². The zero-order valence-electron chi connectivity index (χ0n) is 19.8. The summed E-state index contributed by atoms with van der Waals surface area (Å²) in [4.78, 5) is 22.2. The molecule has 5 aliphatic rings. The quantitative estimate of drug-likeness (QED) is 0.412. The van der Waals surface area contributed by atoms with E-state index in [-0.39, 0.29) is 47.9 Å². The van der Waals surface area contributed by atoms with Crippen LogP contribution >= 0.6 is 11.6 Å². The highest BCUT2D eigenvalue weighted by atomic mass is 35.5. The summed E-state index contributed by atoms with van der Waals surface area (Å²) in [6.07, 6.45) is 5.73. The number of amides is 1. The van der Waals surface area contributed by atoms with Gasteiger partial charge in [-0.3, -0.25) is 15.0 Å². The lowest BCUT2D eigenvalue weighted by Gasteiger charge is -2.49. The highest BCUT2D eigenvalue weighted by Gasteiger charge is 2.53. The molecular formula is C23H35ClN8O2. The van der Waals surface area contributed by atoms with Crippen molar-refractivity contribution in [2.75, 3.05) is 32.1 Å². The maximum Gasteiger partial charge on any atom is 0.232 e. The summed E-state index contributed by atoms with van der Waals surface area (Å²) < 4.78 is 5.87. The Morgan fingerprint density at radius 3 is 2.74 bits per heavy atom. The molecule has 4 saturated heterocycles. The van der Waals surface area contributed by atoms with Gasteiger partial charge in [-0.1, -0.05) is 11.6 Å². The molecule has 6 N–H and O–H groups in total. The molecule has 1 aliphatic carbocycles. The maximum atomic E-state index is 13.6. The molecular weight excluding hydrogens is 456 g/mol. The van der Waals surface area contributed by atoms with E-state index in [0.717, 1.165) is 50.9 Å².